The molecule has 1 aliphatic carbocycles. The van der Waals surface area contributed by atoms with E-state index in [-0.39, 0.29) is 30.2 Å². The normalized spacial score (nSPS) is 17.5. The first-order valence-corrected chi connectivity index (χ1v) is 8.98. The van der Waals surface area contributed by atoms with Crippen LogP contribution in [0.25, 0.3) is 0 Å². The summed E-state index contributed by atoms with van der Waals surface area (Å²) in [4.78, 5) is 14.2. The summed E-state index contributed by atoms with van der Waals surface area (Å²) in [6, 6.07) is 6.34. The van der Waals surface area contributed by atoms with Crippen LogP contribution in [0.2, 0.25) is 0 Å². The third kappa shape index (κ3) is 5.69. The molecule has 1 aromatic rings. The summed E-state index contributed by atoms with van der Waals surface area (Å²) in [7, 11) is 1.87. The third-order valence-electron chi connectivity index (χ3n) is 4.64. The van der Waals surface area contributed by atoms with Crippen LogP contribution in [0.3, 0.4) is 0 Å². The summed E-state index contributed by atoms with van der Waals surface area (Å²) in [5.41, 5.74) is 0. The van der Waals surface area contributed by atoms with Crippen LogP contribution in [0.4, 0.5) is 9.18 Å². The Morgan fingerprint density at radius 3 is 2.54 bits per heavy atom. The van der Waals surface area contributed by atoms with Crippen molar-refractivity contribution in [2.75, 3.05) is 13.7 Å². The number of carbonyl (C=O) groups is 1. The van der Waals surface area contributed by atoms with Crippen molar-refractivity contribution in [1.29, 1.82) is 0 Å². The first-order valence-electron chi connectivity index (χ1n) is 8.98. The molecule has 24 heavy (non-hydrogen) atoms. The molecule has 2 amide bonds. The van der Waals surface area contributed by atoms with Gasteiger partial charge in [0.2, 0.25) is 0 Å². The Morgan fingerprint density at radius 2 is 1.88 bits per heavy atom. The second kappa shape index (κ2) is 9.50. The molecule has 0 spiro atoms. The lowest BCUT2D eigenvalue weighted by Gasteiger charge is -2.31. The van der Waals surface area contributed by atoms with E-state index in [0.717, 1.165) is 12.8 Å². The topological polar surface area (TPSA) is 41.6 Å². The van der Waals surface area contributed by atoms with E-state index in [1.165, 1.54) is 38.2 Å². The number of hydrogen-bond donors (Lipinski definition) is 1. The molecule has 2 rings (SSSR count). The third-order valence-corrected chi connectivity index (χ3v) is 4.64. The van der Waals surface area contributed by atoms with Crippen LogP contribution in [0.1, 0.15) is 51.9 Å². The highest BCUT2D eigenvalue weighted by Crippen LogP contribution is 2.21. The Hall–Kier alpha value is -1.78. The second-order valence-corrected chi connectivity index (χ2v) is 6.70. The summed E-state index contributed by atoms with van der Waals surface area (Å²) in [5, 5.41) is 2.94. The lowest BCUT2D eigenvalue weighted by molar-refractivity contribution is 0.169. The van der Waals surface area contributed by atoms with Gasteiger partial charge < -0.3 is 15.0 Å². The van der Waals surface area contributed by atoms with Crippen LogP contribution >= 0.6 is 0 Å². The monoisotopic (exact) mass is 336 g/mol. The van der Waals surface area contributed by atoms with Crippen molar-refractivity contribution < 1.29 is 13.9 Å². The Morgan fingerprint density at radius 1 is 1.25 bits per heavy atom. The molecule has 0 bridgehead atoms. The average molecular weight is 336 g/mol. The summed E-state index contributed by atoms with van der Waals surface area (Å²) in [6.45, 7) is 2.11. The largest absolute Gasteiger partial charge is 0.488 e. The summed E-state index contributed by atoms with van der Waals surface area (Å²) in [6.07, 6.45) is 8.36. The molecule has 5 heteroatoms. The van der Waals surface area contributed by atoms with Crippen LogP contribution in [0, 0.1) is 5.82 Å². The van der Waals surface area contributed by atoms with E-state index in [2.05, 4.69) is 5.32 Å². The number of halogens is 1. The van der Waals surface area contributed by atoms with E-state index in [9.17, 15) is 9.18 Å². The fourth-order valence-electron chi connectivity index (χ4n) is 3.12. The number of urea groups is 1. The van der Waals surface area contributed by atoms with Gasteiger partial charge >= 0.3 is 6.03 Å². The Kier molecular flexibility index (Phi) is 7.35. The Balaban J connectivity index is 1.78. The number of amides is 2. The van der Waals surface area contributed by atoms with Crippen molar-refractivity contribution in [3.8, 4) is 5.75 Å². The van der Waals surface area contributed by atoms with Gasteiger partial charge in [0.15, 0.2) is 11.6 Å². The molecule has 0 aromatic heterocycles. The van der Waals surface area contributed by atoms with Crippen LogP contribution in [0.5, 0.6) is 5.75 Å². The molecular weight excluding hydrogens is 307 g/mol. The predicted molar refractivity (Wildman–Crippen MR) is 93.8 cm³/mol. The SMILES string of the molecule is CC(COc1ccccc1F)NC(=O)N(C)C1CCCCCCC1. The quantitative estimate of drug-likeness (QED) is 0.868. The maximum Gasteiger partial charge on any atom is 0.317 e. The lowest BCUT2D eigenvalue weighted by Crippen LogP contribution is -2.48. The van der Waals surface area contributed by atoms with Crippen LogP contribution in [-0.4, -0.2) is 36.7 Å². The number of carbonyl (C=O) groups excluding carboxylic acids is 1. The molecule has 0 aliphatic heterocycles. The van der Waals surface area contributed by atoms with Gasteiger partial charge in [-0.05, 0) is 31.9 Å². The highest BCUT2D eigenvalue weighted by molar-refractivity contribution is 5.74. The standard InChI is InChI=1S/C19H29FN2O2/c1-15(14-24-18-13-9-8-12-17(18)20)21-19(23)22(2)16-10-6-4-3-5-7-11-16/h8-9,12-13,15-16H,3-7,10-11,14H2,1-2H3,(H,21,23). The minimum atomic E-state index is -0.386. The number of nitrogens with zero attached hydrogens (tertiary/aromatic N) is 1. The predicted octanol–water partition coefficient (Wildman–Crippen LogP) is 4.35. The number of hydrogen-bond acceptors (Lipinski definition) is 2. The number of nitrogens with one attached hydrogen (secondary N) is 1. The molecule has 0 radical (unpaired) electrons. The molecule has 1 saturated carbocycles. The molecule has 0 saturated heterocycles. The van der Waals surface area contributed by atoms with Gasteiger partial charge in [0, 0.05) is 13.1 Å². The number of benzene rings is 1. The van der Waals surface area contributed by atoms with Gasteiger partial charge in [-0.25, -0.2) is 9.18 Å². The summed E-state index contributed by atoms with van der Waals surface area (Å²) in [5.74, 6) is -0.172. The van der Waals surface area contributed by atoms with E-state index >= 15 is 0 Å². The highest BCUT2D eigenvalue weighted by Gasteiger charge is 2.21. The molecule has 1 unspecified atom stereocenters. The maximum atomic E-state index is 13.5. The maximum absolute atomic E-state index is 13.5. The first-order chi connectivity index (χ1) is 11.6. The molecule has 4 nitrogen and oxygen atoms in total. The van der Waals surface area contributed by atoms with E-state index < -0.39 is 0 Å². The van der Waals surface area contributed by atoms with Crippen molar-refractivity contribution in [2.45, 2.75) is 64.0 Å². The van der Waals surface area contributed by atoms with Gasteiger partial charge in [0.05, 0.1) is 6.04 Å². The minimum absolute atomic E-state index is 0.0785. The van der Waals surface area contributed by atoms with Gasteiger partial charge in [-0.15, -0.1) is 0 Å². The van der Waals surface area contributed by atoms with E-state index in [1.807, 2.05) is 18.9 Å². The van der Waals surface area contributed by atoms with Gasteiger partial charge in [-0.3, -0.25) is 0 Å². The summed E-state index contributed by atoms with van der Waals surface area (Å²) >= 11 is 0. The van der Waals surface area contributed by atoms with Crippen molar-refractivity contribution >= 4 is 6.03 Å². The molecule has 1 aliphatic rings. The number of ether oxygens (including phenoxy) is 1. The zero-order valence-electron chi connectivity index (χ0n) is 14.8. The van der Waals surface area contributed by atoms with Gasteiger partial charge in [-0.2, -0.15) is 0 Å². The zero-order valence-corrected chi connectivity index (χ0v) is 14.8. The zero-order chi connectivity index (χ0) is 17.4. The van der Waals surface area contributed by atoms with Gasteiger partial charge in [0.25, 0.3) is 0 Å². The second-order valence-electron chi connectivity index (χ2n) is 6.70. The highest BCUT2D eigenvalue weighted by atomic mass is 19.1. The molecule has 1 aromatic carbocycles. The molecule has 1 N–H and O–H groups in total. The molecule has 1 atom stereocenters. The van der Waals surface area contributed by atoms with E-state index in [0.29, 0.717) is 6.04 Å². The fraction of sp³-hybridized carbons (Fsp3) is 0.632. The Labute approximate surface area is 144 Å². The van der Waals surface area contributed by atoms with E-state index in [1.54, 1.807) is 18.2 Å². The van der Waals surface area contributed by atoms with Crippen molar-refractivity contribution in [2.24, 2.45) is 0 Å². The van der Waals surface area contributed by atoms with Crippen molar-refractivity contribution in [1.82, 2.24) is 10.2 Å². The number of rotatable bonds is 5. The molecule has 1 fully saturated rings. The van der Waals surface area contributed by atoms with Crippen LogP contribution in [0.15, 0.2) is 24.3 Å². The van der Waals surface area contributed by atoms with E-state index in [4.69, 9.17) is 4.74 Å². The fourth-order valence-corrected chi connectivity index (χ4v) is 3.12. The van der Waals surface area contributed by atoms with Crippen molar-refractivity contribution in [3.63, 3.8) is 0 Å². The Bertz CT molecular complexity index is 516. The first kappa shape index (κ1) is 18.6. The summed E-state index contributed by atoms with van der Waals surface area (Å²) < 4.78 is 19.0. The van der Waals surface area contributed by atoms with Gasteiger partial charge in [0.1, 0.15) is 6.61 Å². The van der Waals surface area contributed by atoms with Crippen LogP contribution < -0.4 is 10.1 Å². The van der Waals surface area contributed by atoms with Crippen molar-refractivity contribution in [3.05, 3.63) is 30.1 Å². The molecule has 134 valence electrons. The molecule has 0 heterocycles. The average Bonchev–Trinajstić information content (AvgIpc) is 2.53. The number of para-hydroxylation sites is 1. The minimum Gasteiger partial charge on any atom is -0.488 e. The lowest BCUT2D eigenvalue weighted by atomic mass is 9.96. The van der Waals surface area contributed by atoms with Gasteiger partial charge in [-0.1, -0.05) is 44.2 Å². The smallest absolute Gasteiger partial charge is 0.317 e. The van der Waals surface area contributed by atoms with Crippen LogP contribution in [-0.2, 0) is 0 Å². The molecular formula is C19H29FN2O2.